The molecule has 2 aliphatic rings. The highest BCUT2D eigenvalue weighted by Crippen LogP contribution is 2.44. The molecule has 21 heavy (non-hydrogen) atoms. The van der Waals surface area contributed by atoms with E-state index in [1.165, 1.54) is 0 Å². The van der Waals surface area contributed by atoms with E-state index in [1.54, 1.807) is 4.90 Å². The molecule has 1 aliphatic carbocycles. The molecule has 1 saturated heterocycles. The molecular weight excluding hydrogens is 334 g/mol. The van der Waals surface area contributed by atoms with Gasteiger partial charge in [0.2, 0.25) is 5.91 Å². The lowest BCUT2D eigenvalue weighted by atomic mass is 9.75. The summed E-state index contributed by atoms with van der Waals surface area (Å²) in [4.78, 5) is 26.0. The largest absolute Gasteiger partial charge is 0.481 e. The predicted octanol–water partition coefficient (Wildman–Crippen LogP) is 3.08. The molecule has 1 amide bonds. The number of rotatable bonds is 3. The van der Waals surface area contributed by atoms with Gasteiger partial charge in [0.15, 0.2) is 0 Å². The third-order valence-corrected chi connectivity index (χ3v) is 4.98. The molecular formula is C16H16BrNO3. The lowest BCUT2D eigenvalue weighted by molar-refractivity contribution is -0.145. The zero-order valence-electron chi connectivity index (χ0n) is 11.6. The molecule has 0 aromatic heterocycles. The summed E-state index contributed by atoms with van der Waals surface area (Å²) in [6, 6.07) is 7.03. The van der Waals surface area contributed by atoms with Crippen LogP contribution in [-0.2, 0) is 9.59 Å². The van der Waals surface area contributed by atoms with Crippen molar-refractivity contribution in [2.45, 2.75) is 19.4 Å². The van der Waals surface area contributed by atoms with Crippen LogP contribution < -0.4 is 4.90 Å². The molecule has 0 saturated carbocycles. The van der Waals surface area contributed by atoms with E-state index in [1.807, 2.05) is 43.3 Å². The molecule has 110 valence electrons. The van der Waals surface area contributed by atoms with Gasteiger partial charge in [0.1, 0.15) is 0 Å². The molecule has 0 radical (unpaired) electrons. The number of fused-ring (bicyclic) bond motifs is 2. The number of hydrogen-bond acceptors (Lipinski definition) is 2. The van der Waals surface area contributed by atoms with Crippen molar-refractivity contribution in [1.29, 1.82) is 0 Å². The topological polar surface area (TPSA) is 57.6 Å². The fourth-order valence-electron chi connectivity index (χ4n) is 3.46. The molecule has 0 spiro atoms. The van der Waals surface area contributed by atoms with Crippen LogP contribution in [-0.4, -0.2) is 23.0 Å². The van der Waals surface area contributed by atoms with Gasteiger partial charge in [-0.15, -0.1) is 0 Å². The van der Waals surface area contributed by atoms with Crippen LogP contribution in [0.4, 0.5) is 5.69 Å². The number of anilines is 1. The number of allylic oxidation sites excluding steroid dienone is 1. The summed E-state index contributed by atoms with van der Waals surface area (Å²) in [6.07, 6.45) is 4.67. The van der Waals surface area contributed by atoms with Gasteiger partial charge in [0, 0.05) is 10.2 Å². The average Bonchev–Trinajstić information content (AvgIpc) is 2.68. The van der Waals surface area contributed by atoms with Gasteiger partial charge in [-0.3, -0.25) is 9.59 Å². The van der Waals surface area contributed by atoms with Gasteiger partial charge in [-0.1, -0.05) is 35.0 Å². The minimum Gasteiger partial charge on any atom is -0.481 e. The van der Waals surface area contributed by atoms with E-state index in [9.17, 15) is 14.7 Å². The van der Waals surface area contributed by atoms with E-state index in [-0.39, 0.29) is 17.9 Å². The normalized spacial score (nSPS) is 30.8. The highest BCUT2D eigenvalue weighted by Gasteiger charge is 2.55. The Kier molecular flexibility index (Phi) is 3.61. The van der Waals surface area contributed by atoms with Crippen LogP contribution in [0, 0.1) is 17.8 Å². The quantitative estimate of drug-likeness (QED) is 0.853. The second kappa shape index (κ2) is 5.30. The Hall–Kier alpha value is -1.62. The van der Waals surface area contributed by atoms with E-state index in [4.69, 9.17) is 0 Å². The van der Waals surface area contributed by atoms with Gasteiger partial charge in [0.25, 0.3) is 0 Å². The smallest absolute Gasteiger partial charge is 0.309 e. The molecule has 1 N–H and O–H groups in total. The number of carboxylic acid groups (broad SMARTS) is 1. The van der Waals surface area contributed by atoms with Gasteiger partial charge in [-0.2, -0.15) is 0 Å². The highest BCUT2D eigenvalue weighted by atomic mass is 79.9. The molecule has 4 unspecified atom stereocenters. The lowest BCUT2D eigenvalue weighted by Gasteiger charge is -2.27. The number of carbonyl (C=O) groups excluding carboxylic acids is 1. The minimum absolute atomic E-state index is 0.00954. The first-order valence-electron chi connectivity index (χ1n) is 7.04. The first kappa shape index (κ1) is 14.3. The van der Waals surface area contributed by atoms with Crippen molar-refractivity contribution in [3.8, 4) is 0 Å². The molecule has 1 aromatic carbocycles. The molecule has 1 aliphatic heterocycles. The summed E-state index contributed by atoms with van der Waals surface area (Å²) in [7, 11) is 0. The number of benzene rings is 1. The first-order chi connectivity index (χ1) is 10.0. The van der Waals surface area contributed by atoms with Crippen molar-refractivity contribution < 1.29 is 14.7 Å². The monoisotopic (exact) mass is 349 g/mol. The predicted molar refractivity (Wildman–Crippen MR) is 83.0 cm³/mol. The molecule has 4 atom stereocenters. The van der Waals surface area contributed by atoms with Gasteiger partial charge in [-0.05, 0) is 36.6 Å². The van der Waals surface area contributed by atoms with E-state index in [0.717, 1.165) is 16.6 Å². The van der Waals surface area contributed by atoms with E-state index >= 15 is 0 Å². The molecule has 1 fully saturated rings. The summed E-state index contributed by atoms with van der Waals surface area (Å²) in [5, 5.41) is 9.54. The zero-order chi connectivity index (χ0) is 15.1. The first-order valence-corrected chi connectivity index (χ1v) is 7.83. The van der Waals surface area contributed by atoms with E-state index in [2.05, 4.69) is 15.9 Å². The van der Waals surface area contributed by atoms with Crippen molar-refractivity contribution in [3.05, 3.63) is 40.9 Å². The molecule has 1 aromatic rings. The number of halogens is 1. The van der Waals surface area contributed by atoms with Crippen molar-refractivity contribution in [1.82, 2.24) is 0 Å². The molecule has 1 heterocycles. The summed E-state index contributed by atoms with van der Waals surface area (Å²) in [5.74, 6) is -2.06. The maximum absolute atomic E-state index is 12.8. The minimum atomic E-state index is -0.888. The van der Waals surface area contributed by atoms with Gasteiger partial charge < -0.3 is 10.0 Å². The third-order valence-electron chi connectivity index (χ3n) is 4.45. The Morgan fingerprint density at radius 1 is 1.29 bits per heavy atom. The van der Waals surface area contributed by atoms with Crippen molar-refractivity contribution in [2.24, 2.45) is 17.8 Å². The number of nitrogens with zero attached hydrogens (tertiary/aromatic N) is 1. The van der Waals surface area contributed by atoms with Crippen LogP contribution in [0.15, 0.2) is 40.9 Å². The number of carbonyl (C=O) groups is 2. The molecule has 5 heteroatoms. The van der Waals surface area contributed by atoms with Gasteiger partial charge in [0.05, 0.1) is 17.9 Å². The fourth-order valence-corrected chi connectivity index (χ4v) is 3.72. The highest BCUT2D eigenvalue weighted by molar-refractivity contribution is 9.10. The molecule has 4 nitrogen and oxygen atoms in total. The second-order valence-electron chi connectivity index (χ2n) is 5.52. The Labute approximate surface area is 131 Å². The van der Waals surface area contributed by atoms with Crippen molar-refractivity contribution in [2.75, 3.05) is 4.90 Å². The summed E-state index contributed by atoms with van der Waals surface area (Å²) in [5.41, 5.74) is 0.753. The maximum Gasteiger partial charge on any atom is 0.309 e. The number of hydrogen-bond donors (Lipinski definition) is 1. The van der Waals surface area contributed by atoms with Crippen molar-refractivity contribution in [3.63, 3.8) is 0 Å². The van der Waals surface area contributed by atoms with Crippen molar-refractivity contribution >= 4 is 33.5 Å². The van der Waals surface area contributed by atoms with Crippen LogP contribution in [0.25, 0.3) is 0 Å². The number of amides is 1. The Morgan fingerprint density at radius 3 is 2.52 bits per heavy atom. The van der Waals surface area contributed by atoms with Gasteiger partial charge >= 0.3 is 5.97 Å². The van der Waals surface area contributed by atoms with Crippen LogP contribution in [0.3, 0.4) is 0 Å². The van der Waals surface area contributed by atoms with Crippen LogP contribution in [0.1, 0.15) is 13.3 Å². The van der Waals surface area contributed by atoms with E-state index in [0.29, 0.717) is 0 Å². The molecule has 3 rings (SSSR count). The maximum atomic E-state index is 12.8. The van der Waals surface area contributed by atoms with Crippen LogP contribution in [0.2, 0.25) is 0 Å². The number of carboxylic acids is 1. The van der Waals surface area contributed by atoms with E-state index < -0.39 is 17.8 Å². The Morgan fingerprint density at radius 2 is 1.95 bits per heavy atom. The van der Waals surface area contributed by atoms with Crippen LogP contribution >= 0.6 is 15.9 Å². The average molecular weight is 350 g/mol. The zero-order valence-corrected chi connectivity index (χ0v) is 13.2. The Bertz CT molecular complexity index is 610. The summed E-state index contributed by atoms with van der Waals surface area (Å²) >= 11 is 3.37. The second-order valence-corrected chi connectivity index (χ2v) is 6.44. The third kappa shape index (κ3) is 2.20. The summed E-state index contributed by atoms with van der Waals surface area (Å²) in [6.45, 7) is 1.99. The van der Waals surface area contributed by atoms with Gasteiger partial charge in [-0.25, -0.2) is 0 Å². The fraction of sp³-hybridized carbons (Fsp3) is 0.375. The van der Waals surface area contributed by atoms with Crippen LogP contribution in [0.5, 0.6) is 0 Å². The number of aliphatic carboxylic acids is 1. The standard InChI is InChI=1S/C16H16BrNO3/c1-2-9-3-8-12-14(16(20)21)13(9)15(19)18(12)11-6-4-10(17)5-7-11/h3-9,12-14H,2H2,1H3,(H,20,21). The Balaban J connectivity index is 2.04. The lowest BCUT2D eigenvalue weighted by Crippen LogP contribution is -2.37. The molecule has 2 bridgehead atoms. The SMILES string of the molecule is CCC1C=CC2C(C(=O)O)C1C(=O)N2c1ccc(Br)cc1. The summed E-state index contributed by atoms with van der Waals surface area (Å²) < 4.78 is 0.928.